The van der Waals surface area contributed by atoms with Crippen LogP contribution in [0.1, 0.15) is 11.5 Å². The minimum Gasteiger partial charge on any atom is -0.486 e. The number of nitrogens with zero attached hydrogens (tertiary/aromatic N) is 1. The van der Waals surface area contributed by atoms with Gasteiger partial charge in [0.05, 0.1) is 22.2 Å². The summed E-state index contributed by atoms with van der Waals surface area (Å²) in [5.74, 6) is -1.28. The van der Waals surface area contributed by atoms with Crippen molar-refractivity contribution in [2.75, 3.05) is 18.1 Å². The Morgan fingerprint density at radius 2 is 1.69 bits per heavy atom. The first kappa shape index (κ1) is 20.7. The SMILES string of the molecule is Cl.NC1=C2C(=O)Oc3ccccc3C2C2C(=O)N(c3ccc4c(c3)OCCO4)C(=O)C2S1. The molecule has 8 nitrogen and oxygen atoms in total. The number of halogens is 1. The molecule has 2 amide bonds. The first-order valence-corrected chi connectivity index (χ1v) is 10.7. The molecule has 32 heavy (non-hydrogen) atoms. The van der Waals surface area contributed by atoms with Crippen LogP contribution in [0.5, 0.6) is 17.2 Å². The number of imide groups is 1. The molecule has 6 rings (SSSR count). The fraction of sp³-hybridized carbons (Fsp3) is 0.227. The Hall–Kier alpha value is -3.17. The van der Waals surface area contributed by atoms with Crippen LogP contribution in [0.3, 0.4) is 0 Å². The van der Waals surface area contributed by atoms with Gasteiger partial charge in [-0.1, -0.05) is 30.0 Å². The highest BCUT2D eigenvalue weighted by molar-refractivity contribution is 8.04. The number of thioether (sulfide) groups is 1. The first-order chi connectivity index (χ1) is 15.0. The molecule has 0 saturated carbocycles. The van der Waals surface area contributed by atoms with Crippen LogP contribution in [0.25, 0.3) is 0 Å². The van der Waals surface area contributed by atoms with Gasteiger partial charge in [-0.05, 0) is 18.2 Å². The molecular weight excluding hydrogens is 456 g/mol. The molecule has 4 aliphatic rings. The largest absolute Gasteiger partial charge is 0.486 e. The van der Waals surface area contributed by atoms with Crippen LogP contribution in [0.15, 0.2) is 53.1 Å². The number of rotatable bonds is 1. The molecule has 3 atom stereocenters. The van der Waals surface area contributed by atoms with Gasteiger partial charge in [-0.2, -0.15) is 0 Å². The Morgan fingerprint density at radius 1 is 0.938 bits per heavy atom. The van der Waals surface area contributed by atoms with E-state index in [2.05, 4.69) is 0 Å². The topological polar surface area (TPSA) is 108 Å². The zero-order chi connectivity index (χ0) is 21.3. The van der Waals surface area contributed by atoms with Crippen LogP contribution in [-0.4, -0.2) is 36.2 Å². The van der Waals surface area contributed by atoms with E-state index in [0.717, 1.165) is 11.8 Å². The highest BCUT2D eigenvalue weighted by Crippen LogP contribution is 2.54. The molecule has 2 aromatic carbocycles. The molecule has 2 N–H and O–H groups in total. The smallest absolute Gasteiger partial charge is 0.342 e. The average Bonchev–Trinajstić information content (AvgIpc) is 3.02. The van der Waals surface area contributed by atoms with Crippen LogP contribution in [0.2, 0.25) is 0 Å². The zero-order valence-corrected chi connectivity index (χ0v) is 18.1. The molecule has 0 bridgehead atoms. The Morgan fingerprint density at radius 3 is 2.50 bits per heavy atom. The van der Waals surface area contributed by atoms with E-state index in [4.69, 9.17) is 19.9 Å². The lowest BCUT2D eigenvalue weighted by atomic mass is 9.77. The quantitative estimate of drug-likeness (QED) is 0.383. The summed E-state index contributed by atoms with van der Waals surface area (Å²) < 4.78 is 16.6. The monoisotopic (exact) mass is 472 g/mol. The molecule has 2 aromatic rings. The van der Waals surface area contributed by atoms with Crippen molar-refractivity contribution in [2.45, 2.75) is 11.2 Å². The molecule has 1 fully saturated rings. The van der Waals surface area contributed by atoms with E-state index in [-0.39, 0.29) is 34.8 Å². The van der Waals surface area contributed by atoms with E-state index in [1.54, 1.807) is 36.4 Å². The summed E-state index contributed by atoms with van der Waals surface area (Å²) in [4.78, 5) is 40.8. The summed E-state index contributed by atoms with van der Waals surface area (Å²) in [5.41, 5.74) is 7.53. The van der Waals surface area contributed by atoms with Crippen LogP contribution in [0, 0.1) is 5.92 Å². The highest BCUT2D eigenvalue weighted by Gasteiger charge is 2.58. The van der Waals surface area contributed by atoms with Crippen molar-refractivity contribution >= 4 is 47.6 Å². The molecule has 1 saturated heterocycles. The second kappa shape index (κ2) is 7.46. The van der Waals surface area contributed by atoms with E-state index in [0.29, 0.717) is 41.7 Å². The van der Waals surface area contributed by atoms with Gasteiger partial charge in [0.25, 0.3) is 0 Å². The van der Waals surface area contributed by atoms with Gasteiger partial charge in [0.1, 0.15) is 24.2 Å². The van der Waals surface area contributed by atoms with Gasteiger partial charge < -0.3 is 19.9 Å². The summed E-state index contributed by atoms with van der Waals surface area (Å²) in [6.45, 7) is 0.837. The van der Waals surface area contributed by atoms with Crippen LogP contribution in [-0.2, 0) is 14.4 Å². The zero-order valence-electron chi connectivity index (χ0n) is 16.5. The second-order valence-electron chi connectivity index (χ2n) is 7.59. The van der Waals surface area contributed by atoms with Crippen molar-refractivity contribution in [3.8, 4) is 17.2 Å². The van der Waals surface area contributed by atoms with E-state index in [1.165, 1.54) is 4.90 Å². The fourth-order valence-electron chi connectivity index (χ4n) is 4.63. The lowest BCUT2D eigenvalue weighted by molar-refractivity contribution is -0.131. The number of hydrogen-bond acceptors (Lipinski definition) is 8. The van der Waals surface area contributed by atoms with E-state index >= 15 is 0 Å². The van der Waals surface area contributed by atoms with E-state index in [9.17, 15) is 14.4 Å². The van der Waals surface area contributed by atoms with Crippen molar-refractivity contribution < 1.29 is 28.6 Å². The lowest BCUT2D eigenvalue weighted by Gasteiger charge is -2.36. The van der Waals surface area contributed by atoms with Gasteiger partial charge in [-0.15, -0.1) is 12.4 Å². The number of ether oxygens (including phenoxy) is 3. The minimum atomic E-state index is -0.762. The third-order valence-electron chi connectivity index (χ3n) is 5.95. The van der Waals surface area contributed by atoms with Gasteiger partial charge in [0, 0.05) is 17.5 Å². The molecule has 0 spiro atoms. The molecule has 10 heteroatoms. The number of carbonyl (C=O) groups excluding carboxylic acids is 3. The summed E-state index contributed by atoms with van der Waals surface area (Å²) in [6, 6.07) is 12.0. The Bertz CT molecular complexity index is 1210. The number of nitrogens with two attached hydrogens (primary N) is 1. The number of esters is 1. The van der Waals surface area contributed by atoms with Crippen LogP contribution < -0.4 is 24.8 Å². The van der Waals surface area contributed by atoms with Crippen molar-refractivity contribution in [3.63, 3.8) is 0 Å². The second-order valence-corrected chi connectivity index (χ2v) is 8.77. The lowest BCUT2D eigenvalue weighted by Crippen LogP contribution is -2.39. The molecule has 4 heterocycles. The van der Waals surface area contributed by atoms with Gasteiger partial charge in [0.15, 0.2) is 11.5 Å². The maximum atomic E-state index is 13.6. The number of benzene rings is 2. The third-order valence-corrected chi connectivity index (χ3v) is 7.17. The molecule has 0 radical (unpaired) electrons. The Balaban J connectivity index is 0.00000216. The molecular formula is C22H17ClN2O6S. The summed E-state index contributed by atoms with van der Waals surface area (Å²) in [6.07, 6.45) is 0. The maximum absolute atomic E-state index is 13.6. The number of hydrogen-bond donors (Lipinski definition) is 1. The van der Waals surface area contributed by atoms with Crippen molar-refractivity contribution in [1.82, 2.24) is 0 Å². The molecule has 3 unspecified atom stereocenters. The van der Waals surface area contributed by atoms with Crippen LogP contribution >= 0.6 is 24.2 Å². The third kappa shape index (κ3) is 2.81. The molecule has 0 aromatic heterocycles. The Labute approximate surface area is 193 Å². The number of para-hydroxylation sites is 1. The standard InChI is InChI=1S/C22H16N2O6S.ClH/c23-19-17-15(11-3-1-2-4-12(11)30-22(17)27)16-18(31-19)21(26)24(20(16)25)10-5-6-13-14(9-10)29-8-7-28-13;/h1-6,9,15-16,18H,7-8,23H2;1H. The van der Waals surface area contributed by atoms with Gasteiger partial charge in [0.2, 0.25) is 11.8 Å². The number of anilines is 1. The normalized spacial score (nSPS) is 25.4. The van der Waals surface area contributed by atoms with Crippen molar-refractivity contribution in [2.24, 2.45) is 11.7 Å². The highest BCUT2D eigenvalue weighted by atomic mass is 35.5. The van der Waals surface area contributed by atoms with Gasteiger partial charge in [-0.3, -0.25) is 9.59 Å². The number of carbonyl (C=O) groups is 3. The number of amides is 2. The summed E-state index contributed by atoms with van der Waals surface area (Å²) in [7, 11) is 0. The Kier molecular flexibility index (Phi) is 4.83. The molecule has 164 valence electrons. The van der Waals surface area contributed by atoms with Crippen molar-refractivity contribution in [3.05, 3.63) is 58.6 Å². The fourth-order valence-corrected chi connectivity index (χ4v) is 5.87. The van der Waals surface area contributed by atoms with Crippen LogP contribution in [0.4, 0.5) is 5.69 Å². The van der Waals surface area contributed by atoms with Gasteiger partial charge >= 0.3 is 5.97 Å². The molecule has 4 aliphatic heterocycles. The average molecular weight is 473 g/mol. The van der Waals surface area contributed by atoms with E-state index in [1.807, 2.05) is 6.07 Å². The predicted molar refractivity (Wildman–Crippen MR) is 118 cm³/mol. The van der Waals surface area contributed by atoms with E-state index < -0.39 is 23.1 Å². The molecule has 0 aliphatic carbocycles. The van der Waals surface area contributed by atoms with Gasteiger partial charge in [-0.25, -0.2) is 9.69 Å². The first-order valence-electron chi connectivity index (χ1n) is 9.79. The predicted octanol–water partition coefficient (Wildman–Crippen LogP) is 2.36. The minimum absolute atomic E-state index is 0. The van der Waals surface area contributed by atoms with Crippen molar-refractivity contribution in [1.29, 1.82) is 0 Å². The summed E-state index contributed by atoms with van der Waals surface area (Å²) in [5, 5.41) is -0.510. The summed E-state index contributed by atoms with van der Waals surface area (Å²) >= 11 is 1.05. The maximum Gasteiger partial charge on any atom is 0.342 e. The number of fused-ring (bicyclic) bond motifs is 6.